The molecule has 0 radical (unpaired) electrons. The molecule has 0 bridgehead atoms. The molecule has 4 heteroatoms. The molecule has 1 aromatic heterocycles. The fraction of sp³-hybridized carbons (Fsp3) is 0.529. The first kappa shape index (κ1) is 14.0. The van der Waals surface area contributed by atoms with Gasteiger partial charge in [-0.25, -0.2) is 9.78 Å². The summed E-state index contributed by atoms with van der Waals surface area (Å²) in [5, 5.41) is 0. The van der Waals surface area contributed by atoms with Crippen molar-refractivity contribution in [1.82, 2.24) is 4.98 Å². The van der Waals surface area contributed by atoms with E-state index in [1.54, 1.807) is 6.08 Å². The van der Waals surface area contributed by atoms with E-state index in [9.17, 15) is 4.79 Å². The number of oxazole rings is 1. The van der Waals surface area contributed by atoms with E-state index in [1.165, 1.54) is 0 Å². The van der Waals surface area contributed by atoms with E-state index in [0.29, 0.717) is 0 Å². The van der Waals surface area contributed by atoms with Gasteiger partial charge in [-0.3, -0.25) is 0 Å². The normalized spacial score (nSPS) is 17.9. The second-order valence-electron chi connectivity index (χ2n) is 6.89. The molecule has 1 aromatic carbocycles. The molecule has 1 aliphatic carbocycles. The average molecular weight is 284 g/mol. The third-order valence-corrected chi connectivity index (χ3v) is 4.26. The van der Waals surface area contributed by atoms with Crippen molar-refractivity contribution < 1.29 is 9.21 Å². The van der Waals surface area contributed by atoms with Gasteiger partial charge < -0.3 is 4.42 Å². The van der Waals surface area contributed by atoms with E-state index < -0.39 is 5.54 Å². The fourth-order valence-corrected chi connectivity index (χ4v) is 3.05. The van der Waals surface area contributed by atoms with E-state index in [4.69, 9.17) is 4.42 Å². The Morgan fingerprint density at radius 3 is 2.62 bits per heavy atom. The van der Waals surface area contributed by atoms with E-state index in [2.05, 4.69) is 30.7 Å². The Balaban J connectivity index is 2.10. The maximum absolute atomic E-state index is 10.8. The standard InChI is InChI=1S/C17H20N2O2/c1-16(2,3)15-19-13-10-12(6-7-14(13)21-15)17(18-11-20)8-4-5-9-17/h6-7,10H,4-5,8-9H2,1-3H3. The number of hydrogen-bond acceptors (Lipinski definition) is 4. The highest BCUT2D eigenvalue weighted by atomic mass is 16.3. The van der Waals surface area contributed by atoms with Crippen molar-refractivity contribution in [1.29, 1.82) is 0 Å². The van der Waals surface area contributed by atoms with Gasteiger partial charge in [0, 0.05) is 5.41 Å². The monoisotopic (exact) mass is 284 g/mol. The van der Waals surface area contributed by atoms with Crippen molar-refractivity contribution in [3.63, 3.8) is 0 Å². The molecule has 3 rings (SSSR count). The molecule has 0 spiro atoms. The molecule has 2 aromatic rings. The van der Waals surface area contributed by atoms with Crippen LogP contribution in [-0.4, -0.2) is 11.1 Å². The third kappa shape index (κ3) is 2.40. The Morgan fingerprint density at radius 2 is 2.00 bits per heavy atom. The van der Waals surface area contributed by atoms with Gasteiger partial charge in [-0.2, -0.15) is 4.99 Å². The molecule has 0 unspecified atom stereocenters. The Bertz CT molecular complexity index is 712. The first-order chi connectivity index (χ1) is 9.94. The topological polar surface area (TPSA) is 55.5 Å². The van der Waals surface area contributed by atoms with Gasteiger partial charge in [0.05, 0.1) is 5.54 Å². The van der Waals surface area contributed by atoms with E-state index in [1.807, 2.05) is 18.2 Å². The molecule has 0 N–H and O–H groups in total. The van der Waals surface area contributed by atoms with Gasteiger partial charge in [-0.15, -0.1) is 0 Å². The summed E-state index contributed by atoms with van der Waals surface area (Å²) in [4.78, 5) is 19.5. The zero-order chi connectivity index (χ0) is 15.1. The molecule has 110 valence electrons. The number of hydrogen-bond donors (Lipinski definition) is 0. The van der Waals surface area contributed by atoms with E-state index >= 15 is 0 Å². The lowest BCUT2D eigenvalue weighted by molar-refractivity contribution is 0.411. The predicted molar refractivity (Wildman–Crippen MR) is 81.0 cm³/mol. The van der Waals surface area contributed by atoms with Crippen LogP contribution in [0, 0.1) is 0 Å². The quantitative estimate of drug-likeness (QED) is 0.612. The minimum absolute atomic E-state index is 0.120. The van der Waals surface area contributed by atoms with Gasteiger partial charge >= 0.3 is 0 Å². The highest BCUT2D eigenvalue weighted by Crippen LogP contribution is 2.43. The predicted octanol–water partition coefficient (Wildman–Crippen LogP) is 4.23. The van der Waals surface area contributed by atoms with Crippen LogP contribution in [0.1, 0.15) is 57.9 Å². The summed E-state index contributed by atoms with van der Waals surface area (Å²) < 4.78 is 5.82. The average Bonchev–Trinajstić information content (AvgIpc) is 3.04. The Hall–Kier alpha value is -1.93. The van der Waals surface area contributed by atoms with Crippen LogP contribution in [-0.2, 0) is 15.7 Å². The molecule has 0 amide bonds. The second kappa shape index (κ2) is 4.81. The summed E-state index contributed by atoms with van der Waals surface area (Å²) in [7, 11) is 0. The summed E-state index contributed by atoms with van der Waals surface area (Å²) in [6, 6.07) is 5.96. The molecule has 21 heavy (non-hydrogen) atoms. The molecular weight excluding hydrogens is 264 g/mol. The van der Waals surface area contributed by atoms with Crippen molar-refractivity contribution >= 4 is 17.2 Å². The largest absolute Gasteiger partial charge is 0.440 e. The first-order valence-electron chi connectivity index (χ1n) is 7.45. The number of rotatable bonds is 2. The molecule has 1 fully saturated rings. The summed E-state index contributed by atoms with van der Waals surface area (Å²) in [6.45, 7) is 6.23. The maximum Gasteiger partial charge on any atom is 0.235 e. The number of aliphatic imine (C=N–C) groups is 1. The smallest absolute Gasteiger partial charge is 0.235 e. The van der Waals surface area contributed by atoms with Crippen molar-refractivity contribution in [3.05, 3.63) is 29.7 Å². The SMILES string of the molecule is CC(C)(C)c1nc2cc(C3(N=C=O)CCCC3)ccc2o1. The van der Waals surface area contributed by atoms with Gasteiger partial charge in [-0.1, -0.05) is 39.7 Å². The van der Waals surface area contributed by atoms with Crippen LogP contribution in [0.4, 0.5) is 0 Å². The van der Waals surface area contributed by atoms with Gasteiger partial charge in [0.1, 0.15) is 5.52 Å². The van der Waals surface area contributed by atoms with Gasteiger partial charge in [0.2, 0.25) is 12.0 Å². The molecule has 1 aliphatic rings. The highest BCUT2D eigenvalue weighted by molar-refractivity contribution is 5.74. The lowest BCUT2D eigenvalue weighted by Gasteiger charge is -2.22. The van der Waals surface area contributed by atoms with Crippen LogP contribution in [0.2, 0.25) is 0 Å². The van der Waals surface area contributed by atoms with Crippen molar-refractivity contribution in [2.24, 2.45) is 4.99 Å². The number of fused-ring (bicyclic) bond motifs is 1. The number of aromatic nitrogens is 1. The van der Waals surface area contributed by atoms with Crippen LogP contribution in [0.5, 0.6) is 0 Å². The lowest BCUT2D eigenvalue weighted by Crippen LogP contribution is -2.18. The zero-order valence-corrected chi connectivity index (χ0v) is 12.8. The van der Waals surface area contributed by atoms with Gasteiger partial charge in [-0.05, 0) is 30.5 Å². The number of nitrogens with zero attached hydrogens (tertiary/aromatic N) is 2. The molecule has 1 saturated carbocycles. The molecule has 0 atom stereocenters. The molecule has 4 nitrogen and oxygen atoms in total. The maximum atomic E-state index is 10.8. The van der Waals surface area contributed by atoms with E-state index in [0.717, 1.165) is 48.2 Å². The zero-order valence-electron chi connectivity index (χ0n) is 12.8. The summed E-state index contributed by atoms with van der Waals surface area (Å²) in [5.41, 5.74) is 2.14. The van der Waals surface area contributed by atoms with Crippen molar-refractivity contribution in [2.45, 2.75) is 57.4 Å². The first-order valence-corrected chi connectivity index (χ1v) is 7.45. The highest BCUT2D eigenvalue weighted by Gasteiger charge is 2.36. The molecular formula is C17H20N2O2. The van der Waals surface area contributed by atoms with Crippen LogP contribution >= 0.6 is 0 Å². The number of carbonyl (C=O) groups excluding carboxylic acids is 1. The number of benzene rings is 1. The van der Waals surface area contributed by atoms with E-state index in [-0.39, 0.29) is 5.41 Å². The summed E-state index contributed by atoms with van der Waals surface area (Å²) >= 11 is 0. The summed E-state index contributed by atoms with van der Waals surface area (Å²) in [6.07, 6.45) is 5.74. The molecule has 0 saturated heterocycles. The molecule has 0 aliphatic heterocycles. The van der Waals surface area contributed by atoms with Gasteiger partial charge in [0.25, 0.3) is 0 Å². The Morgan fingerprint density at radius 1 is 1.29 bits per heavy atom. The Labute approximate surface area is 124 Å². The van der Waals surface area contributed by atoms with Crippen LogP contribution in [0.15, 0.2) is 27.6 Å². The van der Waals surface area contributed by atoms with Crippen molar-refractivity contribution in [2.75, 3.05) is 0 Å². The minimum atomic E-state index is -0.406. The lowest BCUT2D eigenvalue weighted by atomic mass is 9.89. The second-order valence-corrected chi connectivity index (χ2v) is 6.89. The van der Waals surface area contributed by atoms with Gasteiger partial charge in [0.15, 0.2) is 5.58 Å². The van der Waals surface area contributed by atoms with Crippen LogP contribution < -0.4 is 0 Å². The minimum Gasteiger partial charge on any atom is -0.440 e. The van der Waals surface area contributed by atoms with Crippen LogP contribution in [0.3, 0.4) is 0 Å². The fourth-order valence-electron chi connectivity index (χ4n) is 3.05. The van der Waals surface area contributed by atoms with Crippen LogP contribution in [0.25, 0.3) is 11.1 Å². The summed E-state index contributed by atoms with van der Waals surface area (Å²) in [5.74, 6) is 0.731. The Kier molecular flexibility index (Phi) is 3.22. The van der Waals surface area contributed by atoms with Crippen molar-refractivity contribution in [3.8, 4) is 0 Å². The molecule has 1 heterocycles. The number of isocyanates is 1. The third-order valence-electron chi connectivity index (χ3n) is 4.26.